The number of rotatable bonds is 6. The van der Waals surface area contributed by atoms with E-state index in [0.717, 1.165) is 22.9 Å². The average Bonchev–Trinajstić information content (AvgIpc) is 2.59. The highest BCUT2D eigenvalue weighted by atomic mass is 79.9. The fraction of sp³-hybridized carbons (Fsp3) is 0.316. The average molecular weight is 471 g/mol. The Balaban J connectivity index is 2.43. The molecule has 2 rings (SSSR count). The minimum atomic E-state index is -0.0173. The Kier molecular flexibility index (Phi) is 6.90. The summed E-state index contributed by atoms with van der Waals surface area (Å²) >= 11 is 6.84. The summed E-state index contributed by atoms with van der Waals surface area (Å²) in [5.74, 6) is 0.814. The van der Waals surface area contributed by atoms with Gasteiger partial charge in [0, 0.05) is 15.2 Å². The summed E-state index contributed by atoms with van der Waals surface area (Å²) in [6.07, 6.45) is 3.68. The van der Waals surface area contributed by atoms with Crippen LogP contribution in [0.4, 0.5) is 5.69 Å². The predicted molar refractivity (Wildman–Crippen MR) is 109 cm³/mol. The molecule has 0 heterocycles. The van der Waals surface area contributed by atoms with Gasteiger partial charge in [0.15, 0.2) is 11.5 Å². The zero-order chi connectivity index (χ0) is 18.6. The number of benzene rings is 2. The molecule has 4 nitrogen and oxygen atoms in total. The maximum atomic E-state index is 10.3. The van der Waals surface area contributed by atoms with Crippen LogP contribution in [-0.2, 0) is 0 Å². The zero-order valence-electron chi connectivity index (χ0n) is 14.4. The van der Waals surface area contributed by atoms with Crippen LogP contribution in [0.5, 0.6) is 17.2 Å². The number of hydrogen-bond acceptors (Lipinski definition) is 4. The summed E-state index contributed by atoms with van der Waals surface area (Å²) in [6, 6.07) is 7.13. The van der Waals surface area contributed by atoms with Crippen molar-refractivity contribution in [3.05, 3.63) is 44.3 Å². The topological polar surface area (TPSA) is 62.1 Å². The van der Waals surface area contributed by atoms with E-state index in [0.29, 0.717) is 27.4 Å². The third-order valence-corrected chi connectivity index (χ3v) is 6.05. The van der Waals surface area contributed by atoms with Gasteiger partial charge in [-0.2, -0.15) is 0 Å². The lowest BCUT2D eigenvalue weighted by Gasteiger charge is -2.12. The molecule has 0 aromatic heterocycles. The molecule has 6 heteroatoms. The molecular formula is C19H21Br2NO3. The maximum Gasteiger partial charge on any atom is 0.167 e. The Morgan fingerprint density at radius 1 is 1.24 bits per heavy atom. The number of halogens is 2. The number of aromatic hydroxyl groups is 2. The van der Waals surface area contributed by atoms with Gasteiger partial charge in [-0.3, -0.25) is 4.99 Å². The summed E-state index contributed by atoms with van der Waals surface area (Å²) in [5.41, 5.74) is 2.06. The molecule has 0 amide bonds. The largest absolute Gasteiger partial charge is 0.506 e. The van der Waals surface area contributed by atoms with E-state index in [9.17, 15) is 10.2 Å². The van der Waals surface area contributed by atoms with Crippen molar-refractivity contribution in [2.75, 3.05) is 7.11 Å². The molecule has 0 unspecified atom stereocenters. The molecule has 0 bridgehead atoms. The summed E-state index contributed by atoms with van der Waals surface area (Å²) in [7, 11) is 1.49. The van der Waals surface area contributed by atoms with E-state index < -0.39 is 0 Å². The van der Waals surface area contributed by atoms with Gasteiger partial charge < -0.3 is 14.9 Å². The molecule has 134 valence electrons. The molecule has 2 N–H and O–H groups in total. The van der Waals surface area contributed by atoms with Gasteiger partial charge in [0.05, 0.1) is 12.7 Å². The van der Waals surface area contributed by atoms with E-state index in [2.05, 4.69) is 50.7 Å². The van der Waals surface area contributed by atoms with Crippen LogP contribution in [-0.4, -0.2) is 23.5 Å². The van der Waals surface area contributed by atoms with Crippen molar-refractivity contribution in [2.24, 2.45) is 4.99 Å². The number of hydrogen-bond donors (Lipinski definition) is 2. The first-order valence-corrected chi connectivity index (χ1v) is 9.59. The fourth-order valence-electron chi connectivity index (χ4n) is 2.57. The van der Waals surface area contributed by atoms with Crippen molar-refractivity contribution < 1.29 is 14.9 Å². The lowest BCUT2D eigenvalue weighted by Crippen LogP contribution is -1.93. The standard InChI is InChI=1S/C19H21Br2NO3/c1-4-5-11(2)12-6-7-16(23)15(8-12)22-10-13-18(21)14(20)9-17(25-3)19(13)24/h6-11,23-24H,4-5H2,1-3H3/t11-/m0/s1. The van der Waals surface area contributed by atoms with Crippen LogP contribution >= 0.6 is 31.9 Å². The van der Waals surface area contributed by atoms with E-state index in [-0.39, 0.29) is 11.5 Å². The van der Waals surface area contributed by atoms with Crippen molar-refractivity contribution in [1.29, 1.82) is 0 Å². The third-order valence-electron chi connectivity index (χ3n) is 4.04. The Morgan fingerprint density at radius 3 is 2.60 bits per heavy atom. The maximum absolute atomic E-state index is 10.3. The highest BCUT2D eigenvalue weighted by Crippen LogP contribution is 2.40. The summed E-state index contributed by atoms with van der Waals surface area (Å²) in [4.78, 5) is 4.38. The van der Waals surface area contributed by atoms with E-state index in [1.165, 1.54) is 13.3 Å². The molecule has 0 radical (unpaired) electrons. The van der Waals surface area contributed by atoms with E-state index >= 15 is 0 Å². The van der Waals surface area contributed by atoms with Gasteiger partial charge in [0.2, 0.25) is 0 Å². The molecule has 25 heavy (non-hydrogen) atoms. The fourth-order valence-corrected chi connectivity index (χ4v) is 3.40. The highest BCUT2D eigenvalue weighted by Gasteiger charge is 2.15. The third kappa shape index (κ3) is 4.55. The monoisotopic (exact) mass is 469 g/mol. The first-order chi connectivity index (χ1) is 11.9. The van der Waals surface area contributed by atoms with Gasteiger partial charge in [-0.15, -0.1) is 0 Å². The second-order valence-corrected chi connectivity index (χ2v) is 7.48. The molecule has 0 aliphatic rings. The van der Waals surface area contributed by atoms with Gasteiger partial charge in [-0.25, -0.2) is 0 Å². The van der Waals surface area contributed by atoms with Crippen LogP contribution in [0.2, 0.25) is 0 Å². The van der Waals surface area contributed by atoms with Gasteiger partial charge in [0.25, 0.3) is 0 Å². The highest BCUT2D eigenvalue weighted by molar-refractivity contribution is 9.13. The zero-order valence-corrected chi connectivity index (χ0v) is 17.6. The van der Waals surface area contributed by atoms with Gasteiger partial charge >= 0.3 is 0 Å². The smallest absolute Gasteiger partial charge is 0.167 e. The van der Waals surface area contributed by atoms with Crippen LogP contribution in [0.15, 0.2) is 38.2 Å². The van der Waals surface area contributed by atoms with Crippen LogP contribution in [0, 0.1) is 0 Å². The first kappa shape index (κ1) is 19.8. The Hall–Kier alpha value is -1.53. The molecule has 2 aromatic rings. The van der Waals surface area contributed by atoms with Gasteiger partial charge in [-0.05, 0) is 68.0 Å². The first-order valence-electron chi connectivity index (χ1n) is 8.00. The van der Waals surface area contributed by atoms with Crippen molar-refractivity contribution in [2.45, 2.75) is 32.6 Å². The molecule has 1 atom stereocenters. The molecule has 0 saturated heterocycles. The van der Waals surface area contributed by atoms with Crippen molar-refractivity contribution in [3.63, 3.8) is 0 Å². The summed E-state index contributed by atoms with van der Waals surface area (Å²) in [5, 5.41) is 20.4. The normalized spacial score (nSPS) is 12.5. The van der Waals surface area contributed by atoms with Crippen molar-refractivity contribution >= 4 is 43.8 Å². The molecule has 0 aliphatic heterocycles. The number of ether oxygens (including phenoxy) is 1. The lowest BCUT2D eigenvalue weighted by atomic mass is 9.96. The van der Waals surface area contributed by atoms with Crippen LogP contribution in [0.25, 0.3) is 0 Å². The SMILES string of the molecule is CCC[C@H](C)c1ccc(O)c(N=Cc2c(O)c(OC)cc(Br)c2Br)c1. The molecule has 2 aromatic carbocycles. The van der Waals surface area contributed by atoms with Crippen LogP contribution in [0.1, 0.15) is 43.7 Å². The minimum absolute atomic E-state index is 0.0173. The number of phenols is 2. The molecule has 0 fully saturated rings. The number of methoxy groups -OCH3 is 1. The minimum Gasteiger partial charge on any atom is -0.506 e. The molecule has 0 aliphatic carbocycles. The Morgan fingerprint density at radius 2 is 1.96 bits per heavy atom. The van der Waals surface area contributed by atoms with E-state index in [1.807, 2.05) is 12.1 Å². The molecule has 0 spiro atoms. The predicted octanol–water partition coefficient (Wildman–Crippen LogP) is 6.29. The molecular weight excluding hydrogens is 450 g/mol. The lowest BCUT2D eigenvalue weighted by molar-refractivity contribution is 0.372. The molecule has 0 saturated carbocycles. The second-order valence-electron chi connectivity index (χ2n) is 5.83. The van der Waals surface area contributed by atoms with Gasteiger partial charge in [-0.1, -0.05) is 26.3 Å². The van der Waals surface area contributed by atoms with Crippen LogP contribution in [0.3, 0.4) is 0 Å². The van der Waals surface area contributed by atoms with E-state index in [1.54, 1.807) is 12.1 Å². The number of phenolic OH excluding ortho intramolecular Hbond substituents is 2. The quantitative estimate of drug-likeness (QED) is 0.488. The Labute approximate surface area is 164 Å². The van der Waals surface area contributed by atoms with Gasteiger partial charge in [0.1, 0.15) is 11.4 Å². The van der Waals surface area contributed by atoms with Crippen LogP contribution < -0.4 is 4.74 Å². The Bertz CT molecular complexity index is 791. The van der Waals surface area contributed by atoms with E-state index in [4.69, 9.17) is 4.74 Å². The number of aliphatic imine (C=N–C) groups is 1. The number of nitrogens with zero attached hydrogens (tertiary/aromatic N) is 1. The second kappa shape index (κ2) is 8.72. The summed E-state index contributed by atoms with van der Waals surface area (Å²) in [6.45, 7) is 4.31. The van der Waals surface area contributed by atoms with Crippen molar-refractivity contribution in [3.8, 4) is 17.2 Å². The van der Waals surface area contributed by atoms with Crippen molar-refractivity contribution in [1.82, 2.24) is 0 Å². The summed E-state index contributed by atoms with van der Waals surface area (Å²) < 4.78 is 6.55.